The number of hydrogen-bond donors (Lipinski definition) is 1. The Bertz CT molecular complexity index is 744. The summed E-state index contributed by atoms with van der Waals surface area (Å²) in [5.74, 6) is 0.870. The first-order chi connectivity index (χ1) is 11.1. The number of rotatable bonds is 3. The number of nitrogens with zero attached hydrogens (tertiary/aromatic N) is 1. The summed E-state index contributed by atoms with van der Waals surface area (Å²) in [4.78, 5) is 12.2. The molecule has 0 saturated heterocycles. The topological polar surface area (TPSA) is 59.9 Å². The Morgan fingerprint density at radius 1 is 1.17 bits per heavy atom. The molecule has 1 heterocycles. The van der Waals surface area contributed by atoms with Gasteiger partial charge in [-0.3, -0.25) is 4.79 Å². The van der Waals surface area contributed by atoms with Gasteiger partial charge < -0.3 is 9.47 Å². The number of carbonyl (C=O) groups excluding carboxylic acids is 1. The summed E-state index contributed by atoms with van der Waals surface area (Å²) in [7, 11) is 0. The largest absolute Gasteiger partial charge is 0.485 e. The monoisotopic (exact) mass is 374 g/mol. The van der Waals surface area contributed by atoms with E-state index in [9.17, 15) is 4.79 Å². The molecule has 1 aliphatic heterocycles. The lowest BCUT2D eigenvalue weighted by molar-refractivity contribution is -0.130. The van der Waals surface area contributed by atoms with Crippen LogP contribution in [0, 0.1) is 0 Å². The smallest absolute Gasteiger partial charge is 0.284 e. The van der Waals surface area contributed by atoms with Crippen molar-refractivity contribution in [1.29, 1.82) is 0 Å². The van der Waals surface area contributed by atoms with Gasteiger partial charge in [0.2, 0.25) is 6.10 Å². The molecular weight excluding hydrogens is 360 g/mol. The van der Waals surface area contributed by atoms with Gasteiger partial charge in [-0.25, -0.2) is 5.43 Å². The van der Waals surface area contributed by atoms with Gasteiger partial charge in [-0.2, -0.15) is 5.10 Å². The highest BCUT2D eigenvalue weighted by Crippen LogP contribution is 2.30. The Labute approximate surface area is 142 Å². The normalized spacial score (nSPS) is 16.8. The van der Waals surface area contributed by atoms with Crippen LogP contribution in [0.5, 0.6) is 11.5 Å². The van der Waals surface area contributed by atoms with Crippen molar-refractivity contribution in [3.63, 3.8) is 0 Å². The van der Waals surface area contributed by atoms with Gasteiger partial charge in [0.1, 0.15) is 6.61 Å². The summed E-state index contributed by atoms with van der Waals surface area (Å²) in [5.41, 5.74) is 4.17. The van der Waals surface area contributed by atoms with E-state index in [-0.39, 0.29) is 12.5 Å². The Morgan fingerprint density at radius 2 is 1.87 bits per heavy atom. The number of hydrazone groups is 1. The molecule has 0 unspecified atom stereocenters. The van der Waals surface area contributed by atoms with Gasteiger partial charge >= 0.3 is 0 Å². The number of benzene rings is 2. The summed E-state index contributed by atoms with van der Waals surface area (Å²) in [5, 5.41) is 4.12. The molecule has 3 rings (SSSR count). The van der Waals surface area contributed by atoms with Crippen LogP contribution in [0.15, 0.2) is 58.1 Å². The highest BCUT2D eigenvalue weighted by molar-refractivity contribution is 9.10. The van der Waals surface area contributed by atoms with E-state index < -0.39 is 6.10 Å². The molecule has 23 heavy (non-hydrogen) atoms. The van der Waals surface area contributed by atoms with E-state index in [1.807, 2.05) is 43.3 Å². The number of halogens is 1. The van der Waals surface area contributed by atoms with Crippen LogP contribution in [0.1, 0.15) is 12.5 Å². The fourth-order valence-electron chi connectivity index (χ4n) is 2.12. The van der Waals surface area contributed by atoms with Crippen LogP contribution < -0.4 is 14.9 Å². The summed E-state index contributed by atoms with van der Waals surface area (Å²) >= 11 is 3.38. The van der Waals surface area contributed by atoms with Crippen molar-refractivity contribution in [3.05, 3.63) is 58.6 Å². The number of ether oxygens (including phenoxy) is 2. The quantitative estimate of drug-likeness (QED) is 0.663. The first kappa shape index (κ1) is 15.6. The molecular formula is C17H15BrN2O3. The molecule has 2 aromatic carbocycles. The Hall–Kier alpha value is -2.34. The number of hydrogen-bond acceptors (Lipinski definition) is 4. The lowest BCUT2D eigenvalue weighted by Gasteiger charge is -2.24. The van der Waals surface area contributed by atoms with E-state index in [0.717, 1.165) is 10.0 Å². The Kier molecular flexibility index (Phi) is 4.62. The average molecular weight is 375 g/mol. The summed E-state index contributed by atoms with van der Waals surface area (Å²) in [6.45, 7) is 1.99. The molecule has 1 amide bonds. The predicted molar refractivity (Wildman–Crippen MR) is 90.8 cm³/mol. The standard InChI is InChI=1S/C17H15BrN2O3/c1-11(12-6-8-13(18)9-7-12)19-20-17(21)16-10-22-14-4-2-3-5-15(14)23-16/h2-9,16H,10H2,1H3,(H,20,21)/b19-11-/t16-/m1/s1. The highest BCUT2D eigenvalue weighted by atomic mass is 79.9. The van der Waals surface area contributed by atoms with Crippen molar-refractivity contribution in [2.45, 2.75) is 13.0 Å². The molecule has 0 fully saturated rings. The Morgan fingerprint density at radius 3 is 2.61 bits per heavy atom. The average Bonchev–Trinajstić information content (AvgIpc) is 2.59. The third-order valence-corrected chi connectivity index (χ3v) is 3.93. The number of fused-ring (bicyclic) bond motifs is 1. The van der Waals surface area contributed by atoms with Crippen LogP contribution >= 0.6 is 15.9 Å². The third-order valence-electron chi connectivity index (χ3n) is 3.40. The van der Waals surface area contributed by atoms with E-state index >= 15 is 0 Å². The first-order valence-electron chi connectivity index (χ1n) is 7.12. The molecule has 0 aromatic heterocycles. The van der Waals surface area contributed by atoms with Crippen LogP contribution in [0.2, 0.25) is 0 Å². The van der Waals surface area contributed by atoms with Crippen LogP contribution in [0.25, 0.3) is 0 Å². The SMILES string of the molecule is C/C(=N/NC(=O)[C@H]1COc2ccccc2O1)c1ccc(Br)cc1. The molecule has 0 radical (unpaired) electrons. The molecule has 0 spiro atoms. The maximum Gasteiger partial charge on any atom is 0.284 e. The highest BCUT2D eigenvalue weighted by Gasteiger charge is 2.27. The second-order valence-corrected chi connectivity index (χ2v) is 5.96. The fraction of sp³-hybridized carbons (Fsp3) is 0.176. The number of para-hydroxylation sites is 2. The minimum atomic E-state index is -0.716. The van der Waals surface area contributed by atoms with E-state index in [1.54, 1.807) is 12.1 Å². The first-order valence-corrected chi connectivity index (χ1v) is 7.91. The minimum Gasteiger partial charge on any atom is -0.485 e. The van der Waals surface area contributed by atoms with Crippen molar-refractivity contribution in [2.24, 2.45) is 5.10 Å². The van der Waals surface area contributed by atoms with Crippen molar-refractivity contribution in [3.8, 4) is 11.5 Å². The van der Waals surface area contributed by atoms with Gasteiger partial charge in [-0.15, -0.1) is 0 Å². The Balaban J connectivity index is 1.63. The third kappa shape index (κ3) is 3.71. The van der Waals surface area contributed by atoms with Crippen molar-refractivity contribution < 1.29 is 14.3 Å². The number of amides is 1. The molecule has 2 aromatic rings. The van der Waals surface area contributed by atoms with Crippen molar-refractivity contribution >= 4 is 27.5 Å². The molecule has 0 saturated carbocycles. The molecule has 1 N–H and O–H groups in total. The van der Waals surface area contributed by atoms with E-state index in [4.69, 9.17) is 9.47 Å². The van der Waals surface area contributed by atoms with Gasteiger partial charge in [0.25, 0.3) is 5.91 Å². The van der Waals surface area contributed by atoms with Gasteiger partial charge in [0.05, 0.1) is 5.71 Å². The van der Waals surface area contributed by atoms with Gasteiger partial charge in [0.15, 0.2) is 11.5 Å². The molecule has 0 aliphatic carbocycles. The predicted octanol–water partition coefficient (Wildman–Crippen LogP) is 3.13. The zero-order chi connectivity index (χ0) is 16.2. The molecule has 1 atom stereocenters. The van der Waals surface area contributed by atoms with Crippen LogP contribution in [0.4, 0.5) is 0 Å². The van der Waals surface area contributed by atoms with Gasteiger partial charge in [0, 0.05) is 4.47 Å². The molecule has 5 nitrogen and oxygen atoms in total. The second-order valence-electron chi connectivity index (χ2n) is 5.04. The summed E-state index contributed by atoms with van der Waals surface area (Å²) in [6, 6.07) is 14.9. The van der Waals surface area contributed by atoms with Crippen LogP contribution in [0.3, 0.4) is 0 Å². The summed E-state index contributed by atoms with van der Waals surface area (Å²) in [6.07, 6.45) is -0.716. The van der Waals surface area contributed by atoms with Gasteiger partial charge in [-0.1, -0.05) is 40.2 Å². The zero-order valence-electron chi connectivity index (χ0n) is 12.5. The lowest BCUT2D eigenvalue weighted by atomic mass is 10.1. The van der Waals surface area contributed by atoms with Gasteiger partial charge in [-0.05, 0) is 36.8 Å². The molecule has 118 valence electrons. The lowest BCUT2D eigenvalue weighted by Crippen LogP contribution is -2.42. The minimum absolute atomic E-state index is 0.162. The maximum absolute atomic E-state index is 12.2. The number of nitrogens with one attached hydrogen (secondary N) is 1. The molecule has 0 bridgehead atoms. The van der Waals surface area contributed by atoms with Crippen molar-refractivity contribution in [1.82, 2.24) is 5.43 Å². The fourth-order valence-corrected chi connectivity index (χ4v) is 2.38. The maximum atomic E-state index is 12.2. The summed E-state index contributed by atoms with van der Waals surface area (Å²) < 4.78 is 12.1. The van der Waals surface area contributed by atoms with Crippen LogP contribution in [-0.4, -0.2) is 24.3 Å². The van der Waals surface area contributed by atoms with Crippen molar-refractivity contribution in [2.75, 3.05) is 6.61 Å². The molecule has 6 heteroatoms. The van der Waals surface area contributed by atoms with E-state index in [1.165, 1.54) is 0 Å². The second kappa shape index (κ2) is 6.83. The van der Waals surface area contributed by atoms with E-state index in [2.05, 4.69) is 26.5 Å². The number of carbonyl (C=O) groups is 1. The van der Waals surface area contributed by atoms with E-state index in [0.29, 0.717) is 17.2 Å². The van der Waals surface area contributed by atoms with Crippen LogP contribution in [-0.2, 0) is 4.79 Å². The zero-order valence-corrected chi connectivity index (χ0v) is 14.0. The molecule has 1 aliphatic rings.